The molecule has 2 rings (SSSR count). The number of aryl methyl sites for hydroxylation is 1. The standard InChI is InChI=1S/C12H9ClF4N4/c1-6-5-21(11(18)20-6)19-4-7-2-8(12(15,16)17)10(14)9(13)3-7/h2-5H,1H3,(H2,18,20). The highest BCUT2D eigenvalue weighted by Crippen LogP contribution is 2.34. The zero-order valence-electron chi connectivity index (χ0n) is 10.6. The molecule has 0 bridgehead atoms. The van der Waals surface area contributed by atoms with E-state index < -0.39 is 22.6 Å². The highest BCUT2D eigenvalue weighted by molar-refractivity contribution is 6.31. The molecular weight excluding hydrogens is 312 g/mol. The van der Waals surface area contributed by atoms with Crippen molar-refractivity contribution < 1.29 is 17.6 Å². The van der Waals surface area contributed by atoms with E-state index in [1.165, 1.54) is 10.9 Å². The molecule has 0 unspecified atom stereocenters. The van der Waals surface area contributed by atoms with Gasteiger partial charge in [-0.15, -0.1) is 0 Å². The van der Waals surface area contributed by atoms with E-state index in [2.05, 4.69) is 10.1 Å². The summed E-state index contributed by atoms with van der Waals surface area (Å²) in [6.07, 6.45) is -2.28. The molecule has 1 aromatic heterocycles. The van der Waals surface area contributed by atoms with Crippen LogP contribution in [-0.4, -0.2) is 15.9 Å². The van der Waals surface area contributed by atoms with Crippen molar-refractivity contribution in [2.75, 3.05) is 5.73 Å². The quantitative estimate of drug-likeness (QED) is 0.680. The van der Waals surface area contributed by atoms with Gasteiger partial charge in [-0.3, -0.25) is 0 Å². The van der Waals surface area contributed by atoms with Crippen molar-refractivity contribution >= 4 is 23.8 Å². The monoisotopic (exact) mass is 320 g/mol. The molecule has 0 atom stereocenters. The third kappa shape index (κ3) is 3.33. The third-order valence-corrected chi connectivity index (χ3v) is 2.80. The van der Waals surface area contributed by atoms with Gasteiger partial charge >= 0.3 is 6.18 Å². The van der Waals surface area contributed by atoms with Crippen molar-refractivity contribution in [1.29, 1.82) is 0 Å². The van der Waals surface area contributed by atoms with E-state index in [4.69, 9.17) is 17.3 Å². The highest BCUT2D eigenvalue weighted by Gasteiger charge is 2.35. The van der Waals surface area contributed by atoms with Crippen molar-refractivity contribution in [2.45, 2.75) is 13.1 Å². The number of nitrogens with two attached hydrogens (primary N) is 1. The molecule has 2 N–H and O–H groups in total. The van der Waals surface area contributed by atoms with E-state index in [1.54, 1.807) is 6.92 Å². The summed E-state index contributed by atoms with van der Waals surface area (Å²) in [5.74, 6) is -1.44. The van der Waals surface area contributed by atoms with Gasteiger partial charge in [0.05, 0.1) is 28.7 Å². The smallest absolute Gasteiger partial charge is 0.368 e. The van der Waals surface area contributed by atoms with Crippen LogP contribution in [0.5, 0.6) is 0 Å². The predicted molar refractivity (Wildman–Crippen MR) is 70.8 cm³/mol. The Morgan fingerprint density at radius 1 is 1.38 bits per heavy atom. The first kappa shape index (κ1) is 15.3. The molecule has 9 heteroatoms. The molecule has 1 aromatic carbocycles. The number of halogens is 5. The van der Waals surface area contributed by atoms with Crippen LogP contribution in [0.2, 0.25) is 5.02 Å². The summed E-state index contributed by atoms with van der Waals surface area (Å²) < 4.78 is 52.5. The van der Waals surface area contributed by atoms with E-state index >= 15 is 0 Å². The number of nitrogen functional groups attached to an aromatic ring is 1. The first-order chi connectivity index (χ1) is 9.68. The van der Waals surface area contributed by atoms with E-state index in [9.17, 15) is 17.6 Å². The lowest BCUT2D eigenvalue weighted by Gasteiger charge is -2.09. The van der Waals surface area contributed by atoms with Gasteiger partial charge in [0.1, 0.15) is 0 Å². The Hall–Kier alpha value is -2.09. The maximum Gasteiger partial charge on any atom is 0.419 e. The molecule has 112 valence electrons. The lowest BCUT2D eigenvalue weighted by molar-refractivity contribution is -0.140. The average molecular weight is 321 g/mol. The first-order valence-electron chi connectivity index (χ1n) is 5.60. The van der Waals surface area contributed by atoms with Gasteiger partial charge in [0, 0.05) is 0 Å². The molecule has 1 heterocycles. The topological polar surface area (TPSA) is 56.2 Å². The van der Waals surface area contributed by atoms with E-state index in [0.29, 0.717) is 11.8 Å². The number of benzene rings is 1. The van der Waals surface area contributed by atoms with Crippen molar-refractivity contribution in [2.24, 2.45) is 5.10 Å². The molecule has 0 spiro atoms. The summed E-state index contributed by atoms with van der Waals surface area (Å²) in [5, 5.41) is 3.21. The number of alkyl halides is 3. The number of aromatic nitrogens is 2. The van der Waals surface area contributed by atoms with Gasteiger partial charge in [0.2, 0.25) is 5.95 Å². The maximum atomic E-state index is 13.4. The molecule has 0 aliphatic carbocycles. The zero-order valence-corrected chi connectivity index (χ0v) is 11.4. The summed E-state index contributed by atoms with van der Waals surface area (Å²) in [5.41, 5.74) is 4.66. The molecule has 0 amide bonds. The number of hydrogen-bond acceptors (Lipinski definition) is 3. The van der Waals surface area contributed by atoms with Crippen LogP contribution in [0.1, 0.15) is 16.8 Å². The summed E-state index contributed by atoms with van der Waals surface area (Å²) in [6.45, 7) is 1.68. The molecule has 21 heavy (non-hydrogen) atoms. The fraction of sp³-hybridized carbons (Fsp3) is 0.167. The molecule has 4 nitrogen and oxygen atoms in total. The van der Waals surface area contributed by atoms with E-state index in [1.807, 2.05) is 0 Å². The van der Waals surface area contributed by atoms with Crippen LogP contribution in [0.4, 0.5) is 23.5 Å². The van der Waals surface area contributed by atoms with Crippen molar-refractivity contribution in [1.82, 2.24) is 9.66 Å². The van der Waals surface area contributed by atoms with Crippen LogP contribution in [0.25, 0.3) is 0 Å². The third-order valence-electron chi connectivity index (χ3n) is 2.52. The van der Waals surface area contributed by atoms with Gasteiger partial charge in [0.15, 0.2) is 5.82 Å². The number of rotatable bonds is 2. The minimum atomic E-state index is -4.85. The summed E-state index contributed by atoms with van der Waals surface area (Å²) >= 11 is 5.46. The first-order valence-corrected chi connectivity index (χ1v) is 5.98. The van der Waals surface area contributed by atoms with Gasteiger partial charge in [-0.1, -0.05) is 11.6 Å². The Balaban J connectivity index is 2.41. The Morgan fingerprint density at radius 2 is 2.05 bits per heavy atom. The van der Waals surface area contributed by atoms with Crippen LogP contribution in [-0.2, 0) is 6.18 Å². The molecule has 0 fully saturated rings. The van der Waals surface area contributed by atoms with Crippen LogP contribution >= 0.6 is 11.6 Å². The lowest BCUT2D eigenvalue weighted by Crippen LogP contribution is -2.09. The number of imidazole rings is 1. The Bertz CT molecular complexity index is 706. The fourth-order valence-corrected chi connectivity index (χ4v) is 1.84. The minimum Gasteiger partial charge on any atom is -0.368 e. The van der Waals surface area contributed by atoms with Crippen molar-refractivity contribution in [3.63, 3.8) is 0 Å². The molecular formula is C12H9ClF4N4. The molecule has 0 saturated heterocycles. The summed E-state index contributed by atoms with van der Waals surface area (Å²) in [6, 6.07) is 1.65. The minimum absolute atomic E-state index is 0.0144. The van der Waals surface area contributed by atoms with E-state index in [0.717, 1.165) is 12.3 Å². The number of nitrogens with zero attached hydrogens (tertiary/aromatic N) is 3. The molecule has 2 aromatic rings. The number of anilines is 1. The lowest BCUT2D eigenvalue weighted by atomic mass is 10.1. The maximum absolute atomic E-state index is 13.4. The molecule has 0 saturated carbocycles. The zero-order chi connectivity index (χ0) is 15.8. The normalized spacial score (nSPS) is 12.3. The van der Waals surface area contributed by atoms with Gasteiger partial charge in [-0.2, -0.15) is 18.3 Å². The second-order valence-electron chi connectivity index (χ2n) is 4.19. The molecule has 0 aliphatic rings. The SMILES string of the molecule is Cc1cn(N=Cc2cc(Cl)c(F)c(C(F)(F)F)c2)c(N)n1. The Morgan fingerprint density at radius 3 is 2.57 bits per heavy atom. The van der Waals surface area contributed by atoms with Crippen LogP contribution < -0.4 is 5.73 Å². The van der Waals surface area contributed by atoms with Gasteiger partial charge in [-0.25, -0.2) is 14.1 Å². The summed E-state index contributed by atoms with van der Waals surface area (Å²) in [4.78, 5) is 3.87. The average Bonchev–Trinajstić information content (AvgIpc) is 2.67. The van der Waals surface area contributed by atoms with Crippen LogP contribution in [0, 0.1) is 12.7 Å². The van der Waals surface area contributed by atoms with Crippen molar-refractivity contribution in [3.8, 4) is 0 Å². The predicted octanol–water partition coefficient (Wildman–Crippen LogP) is 3.47. The van der Waals surface area contributed by atoms with Gasteiger partial charge < -0.3 is 5.73 Å². The Labute approximate surface area is 121 Å². The van der Waals surface area contributed by atoms with Crippen LogP contribution in [0.15, 0.2) is 23.4 Å². The summed E-state index contributed by atoms with van der Waals surface area (Å²) in [7, 11) is 0. The highest BCUT2D eigenvalue weighted by atomic mass is 35.5. The Kier molecular flexibility index (Phi) is 3.91. The van der Waals surface area contributed by atoms with E-state index in [-0.39, 0.29) is 11.5 Å². The van der Waals surface area contributed by atoms with Gasteiger partial charge in [-0.05, 0) is 24.6 Å². The van der Waals surface area contributed by atoms with Crippen molar-refractivity contribution in [3.05, 3.63) is 46.0 Å². The second kappa shape index (κ2) is 5.36. The number of hydrogen-bond donors (Lipinski definition) is 1. The molecule has 0 aliphatic heterocycles. The van der Waals surface area contributed by atoms with Gasteiger partial charge in [0.25, 0.3) is 0 Å². The van der Waals surface area contributed by atoms with Crippen LogP contribution in [0.3, 0.4) is 0 Å². The fourth-order valence-electron chi connectivity index (χ4n) is 1.62. The largest absolute Gasteiger partial charge is 0.419 e. The molecule has 0 radical (unpaired) electrons. The second-order valence-corrected chi connectivity index (χ2v) is 4.60.